The van der Waals surface area contributed by atoms with Crippen LogP contribution >= 0.6 is 0 Å². The molecule has 2 aliphatic rings. The van der Waals surface area contributed by atoms with Crippen LogP contribution in [0.1, 0.15) is 45.4 Å². The first-order chi connectivity index (χ1) is 6.33. The van der Waals surface area contributed by atoms with E-state index in [9.17, 15) is 0 Å². The number of nitrogens with two attached hydrogens (primary N) is 1. The summed E-state index contributed by atoms with van der Waals surface area (Å²) in [4.78, 5) is 2.69. The van der Waals surface area contributed by atoms with Crippen LogP contribution in [0.4, 0.5) is 0 Å². The molecule has 0 bridgehead atoms. The first-order valence-corrected chi connectivity index (χ1v) is 5.84. The Morgan fingerprint density at radius 2 is 2.00 bits per heavy atom. The van der Waals surface area contributed by atoms with E-state index in [2.05, 4.69) is 11.8 Å². The lowest BCUT2D eigenvalue weighted by molar-refractivity contribution is 0.175. The molecule has 2 aliphatic carbocycles. The summed E-state index contributed by atoms with van der Waals surface area (Å²) in [6.45, 7) is 3.54. The lowest BCUT2D eigenvalue weighted by atomic mass is 10.1. The number of hydrogen-bond acceptors (Lipinski definition) is 2. The highest BCUT2D eigenvalue weighted by Gasteiger charge is 2.37. The van der Waals surface area contributed by atoms with Crippen LogP contribution in [-0.4, -0.2) is 29.6 Å². The molecule has 0 heterocycles. The molecule has 2 atom stereocenters. The summed E-state index contributed by atoms with van der Waals surface area (Å²) in [5.41, 5.74) is 6.13. The van der Waals surface area contributed by atoms with Crippen LogP contribution in [-0.2, 0) is 0 Å². The van der Waals surface area contributed by atoms with Gasteiger partial charge in [0.25, 0.3) is 0 Å². The van der Waals surface area contributed by atoms with E-state index in [4.69, 9.17) is 5.73 Å². The topological polar surface area (TPSA) is 29.3 Å². The Hall–Kier alpha value is -0.0800. The fraction of sp³-hybridized carbons (Fsp3) is 1.00. The van der Waals surface area contributed by atoms with Crippen LogP contribution in [0.25, 0.3) is 0 Å². The van der Waals surface area contributed by atoms with E-state index in [0.717, 1.165) is 6.04 Å². The van der Waals surface area contributed by atoms with Crippen molar-refractivity contribution in [2.24, 2.45) is 5.73 Å². The molecule has 0 aliphatic heterocycles. The first-order valence-electron chi connectivity index (χ1n) is 5.84. The van der Waals surface area contributed by atoms with Crippen LogP contribution in [0, 0.1) is 0 Å². The molecule has 2 heteroatoms. The van der Waals surface area contributed by atoms with Gasteiger partial charge in [-0.3, -0.25) is 4.90 Å². The van der Waals surface area contributed by atoms with Crippen molar-refractivity contribution in [1.29, 1.82) is 0 Å². The summed E-state index contributed by atoms with van der Waals surface area (Å²) in [6, 6.07) is 2.08. The minimum Gasteiger partial charge on any atom is -0.326 e. The molecule has 0 spiro atoms. The van der Waals surface area contributed by atoms with Gasteiger partial charge in [-0.15, -0.1) is 0 Å². The standard InChI is InChI=1S/C11H22N2/c1-2-8-13(9-6-7-9)11-5-3-4-10(11)12/h9-11H,2-8,12H2,1H3. The summed E-state index contributed by atoms with van der Waals surface area (Å²) in [5, 5.41) is 0. The van der Waals surface area contributed by atoms with E-state index >= 15 is 0 Å². The molecule has 0 amide bonds. The fourth-order valence-corrected chi connectivity index (χ4v) is 2.66. The van der Waals surface area contributed by atoms with Crippen molar-refractivity contribution in [1.82, 2.24) is 4.90 Å². The quantitative estimate of drug-likeness (QED) is 0.717. The Kier molecular flexibility index (Phi) is 2.89. The molecule has 0 saturated heterocycles. The molecular weight excluding hydrogens is 160 g/mol. The highest BCUT2D eigenvalue weighted by Crippen LogP contribution is 2.33. The maximum Gasteiger partial charge on any atom is 0.0250 e. The maximum atomic E-state index is 6.13. The highest BCUT2D eigenvalue weighted by atomic mass is 15.2. The number of hydrogen-bond donors (Lipinski definition) is 1. The molecule has 2 rings (SSSR count). The van der Waals surface area contributed by atoms with Gasteiger partial charge in [-0.1, -0.05) is 13.3 Å². The molecule has 13 heavy (non-hydrogen) atoms. The van der Waals surface area contributed by atoms with Crippen LogP contribution in [0.3, 0.4) is 0 Å². The zero-order chi connectivity index (χ0) is 9.26. The first kappa shape index (κ1) is 9.47. The average molecular weight is 182 g/mol. The largest absolute Gasteiger partial charge is 0.326 e. The summed E-state index contributed by atoms with van der Waals surface area (Å²) < 4.78 is 0. The van der Waals surface area contributed by atoms with Gasteiger partial charge in [0.05, 0.1) is 0 Å². The van der Waals surface area contributed by atoms with E-state index in [1.54, 1.807) is 0 Å². The van der Waals surface area contributed by atoms with Crippen molar-refractivity contribution in [3.05, 3.63) is 0 Å². The molecule has 2 fully saturated rings. The van der Waals surface area contributed by atoms with Crippen LogP contribution in [0.15, 0.2) is 0 Å². The van der Waals surface area contributed by atoms with Crippen LogP contribution < -0.4 is 5.73 Å². The lowest BCUT2D eigenvalue weighted by Gasteiger charge is -2.31. The molecule has 0 aromatic rings. The van der Waals surface area contributed by atoms with Crippen molar-refractivity contribution in [2.75, 3.05) is 6.54 Å². The van der Waals surface area contributed by atoms with Crippen molar-refractivity contribution in [2.45, 2.75) is 63.6 Å². The van der Waals surface area contributed by atoms with Gasteiger partial charge in [0.1, 0.15) is 0 Å². The Morgan fingerprint density at radius 1 is 1.23 bits per heavy atom. The van der Waals surface area contributed by atoms with E-state index in [1.165, 1.54) is 45.1 Å². The summed E-state index contributed by atoms with van der Waals surface area (Å²) in [5.74, 6) is 0. The molecule has 2 nitrogen and oxygen atoms in total. The second kappa shape index (κ2) is 3.97. The molecule has 0 aromatic carbocycles. The average Bonchev–Trinajstić information content (AvgIpc) is 2.86. The van der Waals surface area contributed by atoms with Gasteiger partial charge in [-0.2, -0.15) is 0 Å². The van der Waals surface area contributed by atoms with Gasteiger partial charge in [0.2, 0.25) is 0 Å². The zero-order valence-corrected chi connectivity index (χ0v) is 8.71. The second-order valence-corrected chi connectivity index (χ2v) is 4.63. The summed E-state index contributed by atoms with van der Waals surface area (Å²) in [7, 11) is 0. The zero-order valence-electron chi connectivity index (χ0n) is 8.71. The van der Waals surface area contributed by atoms with Crippen LogP contribution in [0.2, 0.25) is 0 Å². The Labute approximate surface area is 81.5 Å². The van der Waals surface area contributed by atoms with Crippen molar-refractivity contribution in [3.63, 3.8) is 0 Å². The second-order valence-electron chi connectivity index (χ2n) is 4.63. The maximum absolute atomic E-state index is 6.13. The third kappa shape index (κ3) is 2.05. The van der Waals surface area contributed by atoms with Crippen molar-refractivity contribution >= 4 is 0 Å². The molecule has 2 N–H and O–H groups in total. The smallest absolute Gasteiger partial charge is 0.0250 e. The van der Waals surface area contributed by atoms with Crippen molar-refractivity contribution < 1.29 is 0 Å². The molecule has 2 saturated carbocycles. The van der Waals surface area contributed by atoms with Gasteiger partial charge >= 0.3 is 0 Å². The summed E-state index contributed by atoms with van der Waals surface area (Å²) >= 11 is 0. The lowest BCUT2D eigenvalue weighted by Crippen LogP contribution is -2.45. The van der Waals surface area contributed by atoms with E-state index in [-0.39, 0.29) is 0 Å². The molecule has 0 radical (unpaired) electrons. The predicted octanol–water partition coefficient (Wildman–Crippen LogP) is 1.74. The Morgan fingerprint density at radius 3 is 2.46 bits per heavy atom. The van der Waals surface area contributed by atoms with E-state index in [0.29, 0.717) is 12.1 Å². The van der Waals surface area contributed by atoms with E-state index < -0.39 is 0 Å². The SMILES string of the molecule is CCCN(C1CC1)C1CCCC1N. The molecular formula is C11H22N2. The highest BCUT2D eigenvalue weighted by molar-refractivity contribution is 4.95. The molecule has 0 aromatic heterocycles. The minimum atomic E-state index is 0.465. The minimum absolute atomic E-state index is 0.465. The van der Waals surface area contributed by atoms with Crippen LogP contribution in [0.5, 0.6) is 0 Å². The predicted molar refractivity (Wildman–Crippen MR) is 55.6 cm³/mol. The van der Waals surface area contributed by atoms with E-state index in [1.807, 2.05) is 0 Å². The van der Waals surface area contributed by atoms with Gasteiger partial charge < -0.3 is 5.73 Å². The molecule has 76 valence electrons. The monoisotopic (exact) mass is 182 g/mol. The third-order valence-electron chi connectivity index (χ3n) is 3.46. The van der Waals surface area contributed by atoms with Gasteiger partial charge in [0.15, 0.2) is 0 Å². The Bertz CT molecular complexity index is 165. The van der Waals surface area contributed by atoms with Gasteiger partial charge in [-0.25, -0.2) is 0 Å². The van der Waals surface area contributed by atoms with Gasteiger partial charge in [0, 0.05) is 18.1 Å². The van der Waals surface area contributed by atoms with Gasteiger partial charge in [-0.05, 0) is 38.6 Å². The molecule has 2 unspecified atom stereocenters. The fourth-order valence-electron chi connectivity index (χ4n) is 2.66. The Balaban J connectivity index is 1.92. The number of nitrogens with zero attached hydrogens (tertiary/aromatic N) is 1. The third-order valence-corrected chi connectivity index (χ3v) is 3.46. The van der Waals surface area contributed by atoms with Crippen molar-refractivity contribution in [3.8, 4) is 0 Å². The number of rotatable bonds is 4. The summed E-state index contributed by atoms with van der Waals surface area (Å²) in [6.07, 6.45) is 8.06. The normalized spacial score (nSPS) is 34.4.